The molecular formula is C28H22O3. The van der Waals surface area contributed by atoms with E-state index in [1.54, 1.807) is 0 Å². The number of ether oxygens (including phenoxy) is 1. The summed E-state index contributed by atoms with van der Waals surface area (Å²) in [5.41, 5.74) is 4.68. The van der Waals surface area contributed by atoms with Gasteiger partial charge in [0.25, 0.3) is 0 Å². The monoisotopic (exact) mass is 406 g/mol. The smallest absolute Gasteiger partial charge is 0.193 e. The Kier molecular flexibility index (Phi) is 6.46. The number of hydrogen-bond acceptors (Lipinski definition) is 3. The molecule has 4 aromatic carbocycles. The maximum Gasteiger partial charge on any atom is 0.193 e. The normalized spacial score (nSPS) is 10.6. The molecule has 0 radical (unpaired) electrons. The van der Waals surface area contributed by atoms with Gasteiger partial charge in [-0.05, 0) is 11.1 Å². The number of carbonyl (C=O) groups is 2. The lowest BCUT2D eigenvalue weighted by atomic mass is 10.0. The highest BCUT2D eigenvalue weighted by Crippen LogP contribution is 2.14. The van der Waals surface area contributed by atoms with Crippen LogP contribution in [0.25, 0.3) is 0 Å². The van der Waals surface area contributed by atoms with Gasteiger partial charge in [0.1, 0.15) is 0 Å². The summed E-state index contributed by atoms with van der Waals surface area (Å²) in [4.78, 5) is 24.9. The SMILES string of the molecule is O=C(c1ccccc1)c1ccc(COCc2ccc(C(=O)c3ccccc3)cc2)cc1. The molecule has 0 saturated heterocycles. The van der Waals surface area contributed by atoms with Gasteiger partial charge in [0.2, 0.25) is 0 Å². The van der Waals surface area contributed by atoms with E-state index < -0.39 is 0 Å². The van der Waals surface area contributed by atoms with E-state index in [9.17, 15) is 9.59 Å². The van der Waals surface area contributed by atoms with Gasteiger partial charge in [-0.15, -0.1) is 0 Å². The van der Waals surface area contributed by atoms with Gasteiger partial charge < -0.3 is 4.74 Å². The molecule has 4 rings (SSSR count). The zero-order valence-corrected chi connectivity index (χ0v) is 17.0. The van der Waals surface area contributed by atoms with E-state index in [0.717, 1.165) is 11.1 Å². The first-order valence-electron chi connectivity index (χ1n) is 10.2. The van der Waals surface area contributed by atoms with Crippen molar-refractivity contribution in [1.29, 1.82) is 0 Å². The highest BCUT2D eigenvalue weighted by molar-refractivity contribution is 6.09. The second-order valence-corrected chi connectivity index (χ2v) is 7.28. The third kappa shape index (κ3) is 5.21. The van der Waals surface area contributed by atoms with Crippen LogP contribution in [0.3, 0.4) is 0 Å². The van der Waals surface area contributed by atoms with E-state index >= 15 is 0 Å². The maximum atomic E-state index is 12.5. The van der Waals surface area contributed by atoms with Crippen LogP contribution in [-0.2, 0) is 18.0 Å². The Morgan fingerprint density at radius 2 is 0.774 bits per heavy atom. The lowest BCUT2D eigenvalue weighted by Crippen LogP contribution is -2.02. The second-order valence-electron chi connectivity index (χ2n) is 7.28. The fourth-order valence-electron chi connectivity index (χ4n) is 3.30. The van der Waals surface area contributed by atoms with Crippen LogP contribution in [0.1, 0.15) is 43.0 Å². The molecule has 0 amide bonds. The van der Waals surface area contributed by atoms with Crippen molar-refractivity contribution in [1.82, 2.24) is 0 Å². The van der Waals surface area contributed by atoms with Crippen molar-refractivity contribution in [3.63, 3.8) is 0 Å². The zero-order valence-electron chi connectivity index (χ0n) is 17.0. The molecule has 3 heteroatoms. The molecular weight excluding hydrogens is 384 g/mol. The Morgan fingerprint density at radius 1 is 0.452 bits per heavy atom. The Hall–Kier alpha value is -3.82. The number of ketones is 2. The average molecular weight is 406 g/mol. The molecule has 4 aromatic rings. The summed E-state index contributed by atoms with van der Waals surface area (Å²) < 4.78 is 5.81. The molecule has 0 aromatic heterocycles. The van der Waals surface area contributed by atoms with Crippen molar-refractivity contribution in [2.45, 2.75) is 13.2 Å². The fourth-order valence-corrected chi connectivity index (χ4v) is 3.30. The molecule has 0 aliphatic carbocycles. The van der Waals surface area contributed by atoms with Crippen molar-refractivity contribution in [2.75, 3.05) is 0 Å². The van der Waals surface area contributed by atoms with Gasteiger partial charge in [-0.3, -0.25) is 9.59 Å². The fraction of sp³-hybridized carbons (Fsp3) is 0.0714. The molecule has 0 N–H and O–H groups in total. The van der Waals surface area contributed by atoms with Gasteiger partial charge >= 0.3 is 0 Å². The second kappa shape index (κ2) is 9.79. The Labute approximate surface area is 181 Å². The first kappa shape index (κ1) is 20.5. The molecule has 0 aliphatic rings. The van der Waals surface area contributed by atoms with Crippen molar-refractivity contribution in [3.05, 3.63) is 143 Å². The van der Waals surface area contributed by atoms with Gasteiger partial charge in [-0.2, -0.15) is 0 Å². The maximum absolute atomic E-state index is 12.5. The number of carbonyl (C=O) groups excluding carboxylic acids is 2. The predicted octanol–water partition coefficient (Wildman–Crippen LogP) is 5.87. The van der Waals surface area contributed by atoms with Crippen LogP contribution in [-0.4, -0.2) is 11.6 Å². The Balaban J connectivity index is 1.30. The molecule has 31 heavy (non-hydrogen) atoms. The zero-order chi connectivity index (χ0) is 21.5. The summed E-state index contributed by atoms with van der Waals surface area (Å²) in [5, 5.41) is 0. The summed E-state index contributed by atoms with van der Waals surface area (Å²) in [5.74, 6) is 0.0245. The summed E-state index contributed by atoms with van der Waals surface area (Å²) in [6.45, 7) is 0.898. The average Bonchev–Trinajstić information content (AvgIpc) is 2.85. The van der Waals surface area contributed by atoms with Crippen LogP contribution in [0, 0.1) is 0 Å². The van der Waals surface area contributed by atoms with Crippen molar-refractivity contribution in [3.8, 4) is 0 Å². The molecule has 0 saturated carbocycles. The van der Waals surface area contributed by atoms with E-state index in [2.05, 4.69) is 0 Å². The molecule has 3 nitrogen and oxygen atoms in total. The minimum atomic E-state index is 0.0122. The van der Waals surface area contributed by atoms with Crippen molar-refractivity contribution < 1.29 is 14.3 Å². The lowest BCUT2D eigenvalue weighted by molar-refractivity contribution is 0.103. The molecule has 0 fully saturated rings. The molecule has 0 unspecified atom stereocenters. The summed E-state index contributed by atoms with van der Waals surface area (Å²) >= 11 is 0. The molecule has 0 bridgehead atoms. The molecule has 0 spiro atoms. The number of rotatable bonds is 8. The highest BCUT2D eigenvalue weighted by atomic mass is 16.5. The first-order chi connectivity index (χ1) is 15.2. The van der Waals surface area contributed by atoms with Crippen LogP contribution < -0.4 is 0 Å². The topological polar surface area (TPSA) is 43.4 Å². The van der Waals surface area contributed by atoms with Gasteiger partial charge in [0, 0.05) is 22.3 Å². The van der Waals surface area contributed by atoms with Gasteiger partial charge in [-0.25, -0.2) is 0 Å². The quantitative estimate of drug-likeness (QED) is 0.344. The third-order valence-corrected chi connectivity index (χ3v) is 5.04. The highest BCUT2D eigenvalue weighted by Gasteiger charge is 2.09. The lowest BCUT2D eigenvalue weighted by Gasteiger charge is -2.07. The van der Waals surface area contributed by atoms with Crippen LogP contribution in [0.2, 0.25) is 0 Å². The van der Waals surface area contributed by atoms with Crippen LogP contribution in [0.15, 0.2) is 109 Å². The van der Waals surface area contributed by atoms with E-state index in [1.165, 1.54) is 0 Å². The number of benzene rings is 4. The van der Waals surface area contributed by atoms with Gasteiger partial charge in [-0.1, -0.05) is 109 Å². The molecule has 0 atom stereocenters. The van der Waals surface area contributed by atoms with Crippen LogP contribution >= 0.6 is 0 Å². The summed E-state index contributed by atoms with van der Waals surface area (Å²) in [7, 11) is 0. The van der Waals surface area contributed by atoms with Crippen molar-refractivity contribution >= 4 is 11.6 Å². The van der Waals surface area contributed by atoms with E-state index in [4.69, 9.17) is 4.74 Å². The van der Waals surface area contributed by atoms with E-state index in [0.29, 0.717) is 35.5 Å². The third-order valence-electron chi connectivity index (χ3n) is 5.04. The minimum absolute atomic E-state index is 0.0122. The largest absolute Gasteiger partial charge is 0.372 e. The van der Waals surface area contributed by atoms with Gasteiger partial charge in [0.05, 0.1) is 13.2 Å². The molecule has 0 heterocycles. The standard InChI is InChI=1S/C28H22O3/c29-27(23-7-3-1-4-8-23)25-15-11-21(12-16-25)19-31-20-22-13-17-26(18-14-22)28(30)24-9-5-2-6-10-24/h1-18H,19-20H2. The van der Waals surface area contributed by atoms with Crippen molar-refractivity contribution in [2.24, 2.45) is 0 Å². The van der Waals surface area contributed by atoms with E-state index in [-0.39, 0.29) is 11.6 Å². The molecule has 152 valence electrons. The van der Waals surface area contributed by atoms with E-state index in [1.807, 2.05) is 109 Å². The van der Waals surface area contributed by atoms with Gasteiger partial charge in [0.15, 0.2) is 11.6 Å². The number of hydrogen-bond donors (Lipinski definition) is 0. The summed E-state index contributed by atoms with van der Waals surface area (Å²) in [6.07, 6.45) is 0. The Bertz CT molecular complexity index is 1050. The predicted molar refractivity (Wildman–Crippen MR) is 121 cm³/mol. The first-order valence-corrected chi connectivity index (χ1v) is 10.2. The summed E-state index contributed by atoms with van der Waals surface area (Å²) in [6, 6.07) is 33.5. The minimum Gasteiger partial charge on any atom is -0.372 e. The Morgan fingerprint density at radius 3 is 1.13 bits per heavy atom. The van der Waals surface area contributed by atoms with Crippen LogP contribution in [0.5, 0.6) is 0 Å². The molecule has 0 aliphatic heterocycles. The van der Waals surface area contributed by atoms with Crippen LogP contribution in [0.4, 0.5) is 0 Å².